The lowest BCUT2D eigenvalue weighted by Gasteiger charge is -2.59. The fourth-order valence-corrected chi connectivity index (χ4v) is 7.49. The minimum Gasteiger partial charge on any atom is -0.510 e. The molecule has 0 radical (unpaired) electrons. The molecule has 2 aromatic rings. The van der Waals surface area contributed by atoms with Crippen LogP contribution in [0.4, 0.5) is 0 Å². The Morgan fingerprint density at radius 1 is 1.10 bits per heavy atom. The lowest BCUT2D eigenvalue weighted by atomic mass is 9.47. The Bertz CT molecular complexity index is 1560. The molecule has 210 valence electrons. The van der Waals surface area contributed by atoms with E-state index in [9.17, 15) is 34.8 Å². The smallest absolute Gasteiger partial charge is 0.255 e. The molecule has 0 heterocycles. The van der Waals surface area contributed by atoms with Crippen LogP contribution in [0.2, 0.25) is 0 Å². The SMILES string of the molecule is CN(C)[C@H]1C(O)=C(C(N)=O)C(=O)[C@@]2(O)C(O)=C3C(=O)c4c(O)c(CN)cc(-c5ccccc5)c4C[C@@]3(C)C[C@@]12C. The Morgan fingerprint density at radius 3 is 2.27 bits per heavy atom. The maximum atomic E-state index is 14.3. The molecule has 4 atom stereocenters. The Kier molecular flexibility index (Phi) is 6.03. The molecule has 0 fully saturated rings. The molecule has 8 N–H and O–H groups in total. The van der Waals surface area contributed by atoms with Crippen molar-refractivity contribution in [1.29, 1.82) is 0 Å². The Hall–Kier alpha value is -3.99. The van der Waals surface area contributed by atoms with Gasteiger partial charge in [0, 0.05) is 28.5 Å². The summed E-state index contributed by atoms with van der Waals surface area (Å²) in [5.74, 6) is -5.16. The van der Waals surface area contributed by atoms with Crippen LogP contribution in [-0.2, 0) is 22.6 Å². The number of aliphatic hydroxyl groups excluding tert-OH is 2. The monoisotopic (exact) mass is 547 g/mol. The fourth-order valence-electron chi connectivity index (χ4n) is 7.49. The summed E-state index contributed by atoms with van der Waals surface area (Å²) in [7, 11) is 3.20. The summed E-state index contributed by atoms with van der Waals surface area (Å²) in [5, 5.41) is 46.1. The van der Waals surface area contributed by atoms with Crippen LogP contribution in [0, 0.1) is 10.8 Å². The number of carbonyl (C=O) groups excluding carboxylic acids is 3. The van der Waals surface area contributed by atoms with Crippen molar-refractivity contribution in [1.82, 2.24) is 4.90 Å². The highest BCUT2D eigenvalue weighted by atomic mass is 16.4. The molecular formula is C30H33N3O7. The molecule has 0 aromatic heterocycles. The standard InChI is InChI=1S/C30H33N3O7/c1-28-11-17-16(14-8-6-5-7-9-14)10-15(12-31)21(34)18(17)22(35)20(28)26(38)30(40)25(37)19(27(32)39)23(36)24(33(3)4)29(30,2)13-28/h5-10,24,34,36,38,40H,11-13,31H2,1-4H3,(H2,32,39)/t24-,28-,29-,30+/m0/s1. The van der Waals surface area contributed by atoms with Crippen LogP contribution in [0.1, 0.15) is 41.8 Å². The van der Waals surface area contributed by atoms with Crippen molar-refractivity contribution in [3.63, 3.8) is 0 Å². The minimum absolute atomic E-state index is 0.0423. The van der Waals surface area contributed by atoms with Crippen molar-refractivity contribution >= 4 is 17.5 Å². The van der Waals surface area contributed by atoms with Gasteiger partial charge in [0.2, 0.25) is 5.78 Å². The quantitative estimate of drug-likeness (QED) is 0.311. The number of amides is 1. The molecule has 0 saturated carbocycles. The number of fused-ring (bicyclic) bond motifs is 3. The van der Waals surface area contributed by atoms with Gasteiger partial charge in [-0.1, -0.05) is 44.2 Å². The third kappa shape index (κ3) is 3.30. The first kappa shape index (κ1) is 27.6. The Labute approximate surface area is 231 Å². The molecule has 0 spiro atoms. The maximum Gasteiger partial charge on any atom is 0.255 e. The van der Waals surface area contributed by atoms with E-state index in [-0.39, 0.29) is 36.3 Å². The van der Waals surface area contributed by atoms with E-state index in [0.29, 0.717) is 16.7 Å². The lowest BCUT2D eigenvalue weighted by molar-refractivity contribution is -0.169. The first-order chi connectivity index (χ1) is 18.7. The van der Waals surface area contributed by atoms with Gasteiger partial charge in [0.05, 0.1) is 11.6 Å². The molecule has 10 heteroatoms. The van der Waals surface area contributed by atoms with Crippen LogP contribution in [0.3, 0.4) is 0 Å². The van der Waals surface area contributed by atoms with E-state index >= 15 is 0 Å². The predicted octanol–water partition coefficient (Wildman–Crippen LogP) is 2.03. The van der Waals surface area contributed by atoms with E-state index in [1.54, 1.807) is 27.1 Å². The highest BCUT2D eigenvalue weighted by Crippen LogP contribution is 2.63. The summed E-state index contributed by atoms with van der Waals surface area (Å²) >= 11 is 0. The minimum atomic E-state index is -2.76. The lowest BCUT2D eigenvalue weighted by Crippen LogP contribution is -2.70. The van der Waals surface area contributed by atoms with Gasteiger partial charge >= 0.3 is 0 Å². The summed E-state index contributed by atoms with van der Waals surface area (Å²) in [6.45, 7) is 3.22. The molecule has 3 aliphatic rings. The van der Waals surface area contributed by atoms with Crippen LogP contribution in [0.25, 0.3) is 11.1 Å². The number of aromatic hydroxyl groups is 1. The van der Waals surface area contributed by atoms with Crippen LogP contribution in [-0.4, -0.2) is 68.5 Å². The number of phenols is 1. The highest BCUT2D eigenvalue weighted by Gasteiger charge is 2.71. The number of allylic oxidation sites excluding steroid dienone is 1. The van der Waals surface area contributed by atoms with Crippen LogP contribution >= 0.6 is 0 Å². The number of rotatable bonds is 4. The third-order valence-electron chi connectivity index (χ3n) is 9.02. The maximum absolute atomic E-state index is 14.3. The van der Waals surface area contributed by atoms with E-state index in [4.69, 9.17) is 11.5 Å². The van der Waals surface area contributed by atoms with E-state index in [2.05, 4.69) is 0 Å². The number of likely N-dealkylation sites (N-methyl/N-ethyl adjacent to an activating group) is 1. The average molecular weight is 548 g/mol. The van der Waals surface area contributed by atoms with Crippen LogP contribution in [0.15, 0.2) is 59.1 Å². The zero-order valence-electron chi connectivity index (χ0n) is 22.8. The second kappa shape index (κ2) is 8.76. The molecule has 2 aromatic carbocycles. The summed E-state index contributed by atoms with van der Waals surface area (Å²) in [6.07, 6.45) is 0.114. The first-order valence-electron chi connectivity index (χ1n) is 12.9. The number of aliphatic hydroxyl groups is 3. The molecule has 40 heavy (non-hydrogen) atoms. The van der Waals surface area contributed by atoms with Gasteiger partial charge < -0.3 is 31.9 Å². The van der Waals surface area contributed by atoms with Crippen molar-refractivity contribution in [3.05, 3.63) is 75.8 Å². The van der Waals surface area contributed by atoms with Gasteiger partial charge in [-0.15, -0.1) is 0 Å². The number of ketones is 2. The van der Waals surface area contributed by atoms with Crippen LogP contribution in [0.5, 0.6) is 5.75 Å². The van der Waals surface area contributed by atoms with Gasteiger partial charge in [-0.3, -0.25) is 19.3 Å². The van der Waals surface area contributed by atoms with E-state index in [0.717, 1.165) is 5.56 Å². The topological polar surface area (TPSA) is 187 Å². The molecule has 5 rings (SSSR count). The van der Waals surface area contributed by atoms with E-state index in [1.165, 1.54) is 11.8 Å². The van der Waals surface area contributed by atoms with E-state index in [1.807, 2.05) is 30.3 Å². The number of primary amides is 1. The van der Waals surface area contributed by atoms with Gasteiger partial charge in [0.1, 0.15) is 22.8 Å². The number of phenolic OH excluding ortho intramolecular Hbond substituents is 1. The number of benzene rings is 2. The summed E-state index contributed by atoms with van der Waals surface area (Å²) < 4.78 is 0. The van der Waals surface area contributed by atoms with Gasteiger partial charge in [0.15, 0.2) is 11.4 Å². The number of nitrogens with zero attached hydrogens (tertiary/aromatic N) is 1. The number of hydrogen-bond donors (Lipinski definition) is 6. The molecule has 0 bridgehead atoms. The number of hydrogen-bond acceptors (Lipinski definition) is 9. The van der Waals surface area contributed by atoms with Gasteiger partial charge in [0.25, 0.3) is 5.91 Å². The molecular weight excluding hydrogens is 514 g/mol. The van der Waals surface area contributed by atoms with Crippen molar-refractivity contribution in [2.45, 2.75) is 44.9 Å². The molecule has 0 aliphatic heterocycles. The average Bonchev–Trinajstić information content (AvgIpc) is 2.86. The largest absolute Gasteiger partial charge is 0.510 e. The van der Waals surface area contributed by atoms with Crippen molar-refractivity contribution < 1.29 is 34.8 Å². The fraction of sp³-hybridized carbons (Fsp3) is 0.367. The molecule has 0 unspecified atom stereocenters. The molecule has 1 amide bonds. The first-order valence-corrected chi connectivity index (χ1v) is 12.9. The van der Waals surface area contributed by atoms with Crippen LogP contribution < -0.4 is 11.5 Å². The predicted molar refractivity (Wildman–Crippen MR) is 146 cm³/mol. The number of nitrogens with two attached hydrogens (primary N) is 2. The Balaban J connectivity index is 1.85. The normalized spacial score (nSPS) is 29.8. The van der Waals surface area contributed by atoms with Crippen molar-refractivity contribution in [3.8, 4) is 16.9 Å². The van der Waals surface area contributed by atoms with Gasteiger partial charge in [-0.25, -0.2) is 0 Å². The number of Topliss-reactive ketones (excluding diaryl/α,β-unsaturated/α-hetero) is 2. The molecule has 3 aliphatic carbocycles. The summed E-state index contributed by atoms with van der Waals surface area (Å²) in [6, 6.07) is 9.94. The second-order valence-corrected chi connectivity index (χ2v) is 11.8. The number of carbonyl (C=O) groups is 3. The Morgan fingerprint density at radius 2 is 1.73 bits per heavy atom. The van der Waals surface area contributed by atoms with Crippen molar-refractivity contribution in [2.24, 2.45) is 22.3 Å². The summed E-state index contributed by atoms with van der Waals surface area (Å²) in [5.41, 5.74) is 7.06. The third-order valence-corrected chi connectivity index (χ3v) is 9.02. The van der Waals surface area contributed by atoms with Gasteiger partial charge in [-0.2, -0.15) is 0 Å². The summed E-state index contributed by atoms with van der Waals surface area (Å²) in [4.78, 5) is 41.8. The second-order valence-electron chi connectivity index (χ2n) is 11.8. The van der Waals surface area contributed by atoms with E-state index < -0.39 is 57.0 Å². The highest BCUT2D eigenvalue weighted by molar-refractivity contribution is 6.25. The van der Waals surface area contributed by atoms with Gasteiger partial charge in [-0.05, 0) is 49.7 Å². The van der Waals surface area contributed by atoms with Crippen molar-refractivity contribution in [2.75, 3.05) is 14.1 Å². The zero-order chi connectivity index (χ0) is 29.5. The molecule has 0 saturated heterocycles. The zero-order valence-corrected chi connectivity index (χ0v) is 22.8. The molecule has 10 nitrogen and oxygen atoms in total.